The first-order valence-electron chi connectivity index (χ1n) is 6.75. The van der Waals surface area contributed by atoms with Crippen molar-refractivity contribution in [3.63, 3.8) is 0 Å². The van der Waals surface area contributed by atoms with Crippen molar-refractivity contribution in [1.82, 2.24) is 0 Å². The first-order valence-corrected chi connectivity index (χ1v) is 6.75. The Balaban J connectivity index is 2.18. The molecule has 0 heterocycles. The minimum atomic E-state index is -0.320. The highest BCUT2D eigenvalue weighted by atomic mass is 16.1. The molecule has 1 aliphatic carbocycles. The van der Waals surface area contributed by atoms with E-state index in [-0.39, 0.29) is 5.91 Å². The first kappa shape index (κ1) is 12.0. The van der Waals surface area contributed by atoms with Gasteiger partial charge in [0, 0.05) is 5.56 Å². The molecule has 2 N–H and O–H groups in total. The lowest BCUT2D eigenvalue weighted by Crippen LogP contribution is -2.19. The molecular formula is C17H17NO. The molecule has 0 bridgehead atoms. The van der Waals surface area contributed by atoms with Gasteiger partial charge >= 0.3 is 0 Å². The van der Waals surface area contributed by atoms with Crippen LogP contribution in [0.25, 0.3) is 11.1 Å². The number of carbonyl (C=O) groups excluding carboxylic acids is 1. The van der Waals surface area contributed by atoms with E-state index < -0.39 is 0 Å². The molecule has 0 spiro atoms. The SMILES string of the molecule is NC(=O)c1cccc(-c2ccccc2)c1C1CCC1. The molecule has 1 amide bonds. The van der Waals surface area contributed by atoms with Crippen molar-refractivity contribution in [1.29, 1.82) is 0 Å². The van der Waals surface area contributed by atoms with Crippen LogP contribution in [0.2, 0.25) is 0 Å². The molecule has 96 valence electrons. The predicted molar refractivity (Wildman–Crippen MR) is 77.0 cm³/mol. The van der Waals surface area contributed by atoms with E-state index in [1.807, 2.05) is 30.3 Å². The first-order chi connectivity index (χ1) is 9.27. The van der Waals surface area contributed by atoms with Crippen molar-refractivity contribution in [3.8, 4) is 11.1 Å². The zero-order chi connectivity index (χ0) is 13.2. The van der Waals surface area contributed by atoms with E-state index in [4.69, 9.17) is 5.73 Å². The Hall–Kier alpha value is -2.09. The molecule has 0 radical (unpaired) electrons. The Labute approximate surface area is 113 Å². The third-order valence-corrected chi connectivity index (χ3v) is 3.97. The molecule has 2 aromatic carbocycles. The largest absolute Gasteiger partial charge is 0.366 e. The van der Waals surface area contributed by atoms with Crippen LogP contribution < -0.4 is 5.73 Å². The van der Waals surface area contributed by atoms with Crippen LogP contribution in [-0.4, -0.2) is 5.91 Å². The topological polar surface area (TPSA) is 43.1 Å². The zero-order valence-electron chi connectivity index (χ0n) is 10.8. The molecule has 2 nitrogen and oxygen atoms in total. The number of nitrogens with two attached hydrogens (primary N) is 1. The fraction of sp³-hybridized carbons (Fsp3) is 0.235. The van der Waals surface area contributed by atoms with Gasteiger partial charge in [-0.05, 0) is 41.5 Å². The van der Waals surface area contributed by atoms with Crippen LogP contribution in [0.15, 0.2) is 48.5 Å². The summed E-state index contributed by atoms with van der Waals surface area (Å²) in [5.41, 5.74) is 9.69. The second kappa shape index (κ2) is 4.88. The number of hydrogen-bond donors (Lipinski definition) is 1. The Morgan fingerprint density at radius 1 is 1.00 bits per heavy atom. The molecular weight excluding hydrogens is 234 g/mol. The highest BCUT2D eigenvalue weighted by Gasteiger charge is 2.26. The molecule has 19 heavy (non-hydrogen) atoms. The van der Waals surface area contributed by atoms with Crippen LogP contribution in [-0.2, 0) is 0 Å². The summed E-state index contributed by atoms with van der Waals surface area (Å²) in [5.74, 6) is 0.165. The molecule has 2 heteroatoms. The monoisotopic (exact) mass is 251 g/mol. The van der Waals surface area contributed by atoms with Crippen molar-refractivity contribution in [2.24, 2.45) is 5.73 Å². The lowest BCUT2D eigenvalue weighted by Gasteiger charge is -2.29. The maximum Gasteiger partial charge on any atom is 0.249 e. The van der Waals surface area contributed by atoms with Crippen molar-refractivity contribution in [2.45, 2.75) is 25.2 Å². The van der Waals surface area contributed by atoms with E-state index >= 15 is 0 Å². The van der Waals surface area contributed by atoms with E-state index in [0.29, 0.717) is 11.5 Å². The Morgan fingerprint density at radius 3 is 2.32 bits per heavy atom. The van der Waals surface area contributed by atoms with E-state index in [0.717, 1.165) is 29.5 Å². The summed E-state index contributed by atoms with van der Waals surface area (Å²) in [7, 11) is 0. The summed E-state index contributed by atoms with van der Waals surface area (Å²) in [6, 6.07) is 16.1. The van der Waals surface area contributed by atoms with Gasteiger partial charge in [0.15, 0.2) is 0 Å². The molecule has 2 aromatic rings. The van der Waals surface area contributed by atoms with Gasteiger partial charge in [-0.25, -0.2) is 0 Å². The highest BCUT2D eigenvalue weighted by Crippen LogP contribution is 2.42. The maximum atomic E-state index is 11.7. The average molecular weight is 251 g/mol. The molecule has 0 unspecified atom stereocenters. The van der Waals surface area contributed by atoms with Crippen molar-refractivity contribution >= 4 is 5.91 Å². The smallest absolute Gasteiger partial charge is 0.249 e. The van der Waals surface area contributed by atoms with Gasteiger partial charge in [-0.15, -0.1) is 0 Å². The number of carbonyl (C=O) groups is 1. The van der Waals surface area contributed by atoms with Gasteiger partial charge in [0.2, 0.25) is 5.91 Å². The molecule has 3 rings (SSSR count). The molecule has 0 saturated heterocycles. The van der Waals surface area contributed by atoms with Crippen LogP contribution in [0.4, 0.5) is 0 Å². The third kappa shape index (κ3) is 2.14. The van der Waals surface area contributed by atoms with Crippen LogP contribution >= 0.6 is 0 Å². The minimum absolute atomic E-state index is 0.320. The normalized spacial score (nSPS) is 14.9. The quantitative estimate of drug-likeness (QED) is 0.887. The lowest BCUT2D eigenvalue weighted by molar-refractivity contribution is 0.0998. The van der Waals surface area contributed by atoms with Gasteiger partial charge in [-0.2, -0.15) is 0 Å². The molecule has 0 aliphatic heterocycles. The van der Waals surface area contributed by atoms with E-state index in [9.17, 15) is 4.79 Å². The van der Waals surface area contributed by atoms with Gasteiger partial charge < -0.3 is 5.73 Å². The van der Waals surface area contributed by atoms with Gasteiger partial charge in [-0.3, -0.25) is 4.79 Å². The molecule has 0 aromatic heterocycles. The number of hydrogen-bond acceptors (Lipinski definition) is 1. The number of rotatable bonds is 3. The van der Waals surface area contributed by atoms with Crippen molar-refractivity contribution in [3.05, 3.63) is 59.7 Å². The van der Waals surface area contributed by atoms with Gasteiger partial charge in [0.25, 0.3) is 0 Å². The number of primary amides is 1. The Kier molecular flexibility index (Phi) is 3.08. The summed E-state index contributed by atoms with van der Waals surface area (Å²) in [5, 5.41) is 0. The summed E-state index contributed by atoms with van der Waals surface area (Å²) in [6.07, 6.45) is 3.56. The second-order valence-corrected chi connectivity index (χ2v) is 5.12. The highest BCUT2D eigenvalue weighted by molar-refractivity contribution is 5.96. The van der Waals surface area contributed by atoms with E-state index in [2.05, 4.69) is 18.2 Å². The van der Waals surface area contributed by atoms with Crippen molar-refractivity contribution in [2.75, 3.05) is 0 Å². The Bertz CT molecular complexity index is 600. The van der Waals surface area contributed by atoms with E-state index in [1.165, 1.54) is 6.42 Å². The van der Waals surface area contributed by atoms with Gasteiger partial charge in [0.1, 0.15) is 0 Å². The van der Waals surface area contributed by atoms with Crippen molar-refractivity contribution < 1.29 is 4.79 Å². The van der Waals surface area contributed by atoms with Crippen LogP contribution in [0.5, 0.6) is 0 Å². The number of amides is 1. The third-order valence-electron chi connectivity index (χ3n) is 3.97. The standard InChI is InChI=1S/C17H17NO/c18-17(19)15-11-5-10-14(12-6-2-1-3-7-12)16(15)13-8-4-9-13/h1-3,5-7,10-11,13H,4,8-9H2,(H2,18,19). The van der Waals surface area contributed by atoms with Crippen LogP contribution in [0.1, 0.15) is 41.1 Å². The average Bonchev–Trinajstić information content (AvgIpc) is 2.38. The van der Waals surface area contributed by atoms with E-state index in [1.54, 1.807) is 0 Å². The summed E-state index contributed by atoms with van der Waals surface area (Å²) >= 11 is 0. The molecule has 0 atom stereocenters. The molecule has 1 saturated carbocycles. The van der Waals surface area contributed by atoms with Crippen LogP contribution in [0, 0.1) is 0 Å². The zero-order valence-corrected chi connectivity index (χ0v) is 10.8. The summed E-state index contributed by atoms with van der Waals surface area (Å²) < 4.78 is 0. The maximum absolute atomic E-state index is 11.7. The lowest BCUT2D eigenvalue weighted by atomic mass is 9.75. The predicted octanol–water partition coefficient (Wildman–Crippen LogP) is 3.72. The van der Waals surface area contributed by atoms with Gasteiger partial charge in [0.05, 0.1) is 0 Å². The minimum Gasteiger partial charge on any atom is -0.366 e. The second-order valence-electron chi connectivity index (χ2n) is 5.12. The number of benzene rings is 2. The van der Waals surface area contributed by atoms with Crippen LogP contribution in [0.3, 0.4) is 0 Å². The molecule has 1 fully saturated rings. The summed E-state index contributed by atoms with van der Waals surface area (Å²) in [4.78, 5) is 11.7. The van der Waals surface area contributed by atoms with Gasteiger partial charge in [-0.1, -0.05) is 48.9 Å². The fourth-order valence-corrected chi connectivity index (χ4v) is 2.79. The Morgan fingerprint density at radius 2 is 1.74 bits per heavy atom. The molecule has 1 aliphatic rings. The summed E-state index contributed by atoms with van der Waals surface area (Å²) in [6.45, 7) is 0. The fourth-order valence-electron chi connectivity index (χ4n) is 2.79.